The lowest BCUT2D eigenvalue weighted by atomic mass is 10.4. The fourth-order valence-corrected chi connectivity index (χ4v) is 0.828. The number of hydrogen-bond acceptors (Lipinski definition) is 3. The molecule has 0 bridgehead atoms. The smallest absolute Gasteiger partial charge is 0.377 e. The molecule has 0 spiro atoms. The summed E-state index contributed by atoms with van der Waals surface area (Å²) in [7, 11) is -2.81. The number of nitrogens with one attached hydrogen (secondary N) is 1. The Morgan fingerprint density at radius 2 is 1.63 bits per heavy atom. The Labute approximate surface area is 105 Å². The van der Waals surface area contributed by atoms with Crippen molar-refractivity contribution in [3.63, 3.8) is 0 Å². The van der Waals surface area contributed by atoms with Gasteiger partial charge >= 0.3 is 21.5 Å². The maximum atomic E-state index is 11.9. The van der Waals surface area contributed by atoms with E-state index in [1.807, 2.05) is 14.0 Å². The third-order valence-electron chi connectivity index (χ3n) is 1.62. The molecule has 0 radical (unpaired) electrons. The molecule has 5 nitrogen and oxygen atoms in total. The lowest BCUT2D eigenvalue weighted by Crippen LogP contribution is -2.46. The first-order valence-corrected chi connectivity index (χ1v) is 5.82. The standard InChI is InChI=1S/C4H10N2.C3H2F6O3S/c1-4(5-2)6-3;4-1(2(5,6)7)3(8,9)13(10,11)12/h1-3H3,(H,5,6);1H,(H,10,11,12). The predicted octanol–water partition coefficient (Wildman–Crippen LogP) is 1.62. The van der Waals surface area contributed by atoms with Crippen LogP contribution >= 0.6 is 0 Å². The summed E-state index contributed by atoms with van der Waals surface area (Å²) in [5, 5.41) is -3.02. The van der Waals surface area contributed by atoms with Crippen LogP contribution in [0.5, 0.6) is 0 Å². The van der Waals surface area contributed by atoms with Crippen LogP contribution in [0.1, 0.15) is 6.92 Å². The highest BCUT2D eigenvalue weighted by atomic mass is 32.2. The van der Waals surface area contributed by atoms with Crippen molar-refractivity contribution >= 4 is 16.0 Å². The highest BCUT2D eigenvalue weighted by Gasteiger charge is 2.64. The second-order valence-corrected chi connectivity index (χ2v) is 4.49. The van der Waals surface area contributed by atoms with Crippen LogP contribution < -0.4 is 5.32 Å². The van der Waals surface area contributed by atoms with Crippen LogP contribution in [0.4, 0.5) is 26.3 Å². The molecule has 2 N–H and O–H groups in total. The predicted molar refractivity (Wildman–Crippen MR) is 55.5 cm³/mol. The van der Waals surface area contributed by atoms with Crippen molar-refractivity contribution < 1.29 is 39.3 Å². The first-order valence-electron chi connectivity index (χ1n) is 4.38. The third kappa shape index (κ3) is 6.61. The summed E-state index contributed by atoms with van der Waals surface area (Å²) < 4.78 is 96.1. The quantitative estimate of drug-likeness (QED) is 0.351. The van der Waals surface area contributed by atoms with Crippen molar-refractivity contribution in [2.24, 2.45) is 4.99 Å². The van der Waals surface area contributed by atoms with Gasteiger partial charge in [-0.3, -0.25) is 9.55 Å². The van der Waals surface area contributed by atoms with E-state index in [4.69, 9.17) is 4.55 Å². The van der Waals surface area contributed by atoms with Crippen LogP contribution in [0.2, 0.25) is 0 Å². The monoisotopic (exact) mass is 318 g/mol. The fraction of sp³-hybridized carbons (Fsp3) is 0.857. The van der Waals surface area contributed by atoms with Crippen molar-refractivity contribution in [3.8, 4) is 0 Å². The maximum absolute atomic E-state index is 11.9. The fourth-order valence-electron chi connectivity index (χ4n) is 0.433. The van der Waals surface area contributed by atoms with Crippen molar-refractivity contribution in [1.82, 2.24) is 5.32 Å². The van der Waals surface area contributed by atoms with Crippen molar-refractivity contribution in [2.45, 2.75) is 24.5 Å². The number of rotatable bonds is 2. The molecule has 1 unspecified atom stereocenters. The molecular weight excluding hydrogens is 306 g/mol. The zero-order valence-corrected chi connectivity index (χ0v) is 10.8. The second kappa shape index (κ2) is 6.93. The molecule has 0 aromatic rings. The average Bonchev–Trinajstić information content (AvgIpc) is 2.24. The minimum Gasteiger partial charge on any atom is -0.377 e. The van der Waals surface area contributed by atoms with Gasteiger partial charge in [0.2, 0.25) is 0 Å². The molecule has 0 aromatic carbocycles. The summed E-state index contributed by atoms with van der Waals surface area (Å²) in [4.78, 5) is 3.81. The average molecular weight is 318 g/mol. The van der Waals surface area contributed by atoms with Gasteiger partial charge in [0.1, 0.15) is 0 Å². The van der Waals surface area contributed by atoms with E-state index in [0.29, 0.717) is 0 Å². The molecule has 0 fully saturated rings. The Bertz CT molecular complexity index is 406. The Balaban J connectivity index is 0. The van der Waals surface area contributed by atoms with Gasteiger partial charge in [-0.25, -0.2) is 4.39 Å². The van der Waals surface area contributed by atoms with E-state index in [-0.39, 0.29) is 0 Å². The molecule has 0 aliphatic rings. The van der Waals surface area contributed by atoms with Crippen molar-refractivity contribution in [2.75, 3.05) is 14.1 Å². The van der Waals surface area contributed by atoms with E-state index in [0.717, 1.165) is 5.84 Å². The molecule has 0 heterocycles. The number of amidine groups is 1. The molecule has 12 heteroatoms. The molecular formula is C7H12F6N2O3S. The van der Waals surface area contributed by atoms with Gasteiger partial charge < -0.3 is 5.32 Å². The van der Waals surface area contributed by atoms with Crippen LogP contribution in [-0.4, -0.2) is 50.5 Å². The van der Waals surface area contributed by atoms with Gasteiger partial charge in [-0.1, -0.05) is 0 Å². The highest BCUT2D eigenvalue weighted by molar-refractivity contribution is 7.86. The summed E-state index contributed by atoms with van der Waals surface area (Å²) in [6.07, 6.45) is -11.0. The molecule has 0 aromatic heterocycles. The normalized spacial score (nSPS) is 15.4. The summed E-state index contributed by atoms with van der Waals surface area (Å²) in [6.45, 7) is 1.92. The molecule has 1 atom stereocenters. The minimum absolute atomic E-state index is 0.968. The molecule has 0 rings (SSSR count). The molecule has 0 aliphatic heterocycles. The van der Waals surface area contributed by atoms with E-state index in [1.165, 1.54) is 0 Å². The Kier molecular flexibility index (Phi) is 7.40. The van der Waals surface area contributed by atoms with Gasteiger partial charge in [0.25, 0.3) is 6.17 Å². The molecule has 116 valence electrons. The van der Waals surface area contributed by atoms with Crippen LogP contribution in [-0.2, 0) is 10.1 Å². The number of halogens is 6. The van der Waals surface area contributed by atoms with Crippen LogP contribution in [0.3, 0.4) is 0 Å². The number of nitrogens with zero attached hydrogens (tertiary/aromatic N) is 1. The lowest BCUT2D eigenvalue weighted by molar-refractivity contribution is -0.223. The molecule has 0 saturated carbocycles. The minimum atomic E-state index is -6.41. The zero-order valence-electron chi connectivity index (χ0n) is 9.96. The summed E-state index contributed by atoms with van der Waals surface area (Å²) in [5.41, 5.74) is 0. The number of hydrogen-bond donors (Lipinski definition) is 2. The van der Waals surface area contributed by atoms with Gasteiger partial charge in [0.15, 0.2) is 0 Å². The van der Waals surface area contributed by atoms with Crippen molar-refractivity contribution in [3.05, 3.63) is 0 Å². The van der Waals surface area contributed by atoms with E-state index >= 15 is 0 Å². The van der Waals surface area contributed by atoms with Gasteiger partial charge in [0, 0.05) is 14.1 Å². The number of aliphatic imine (C=N–C) groups is 1. The van der Waals surface area contributed by atoms with Crippen molar-refractivity contribution in [1.29, 1.82) is 0 Å². The Hall–Kier alpha value is -1.04. The van der Waals surface area contributed by atoms with E-state index in [2.05, 4.69) is 10.3 Å². The number of alkyl halides is 6. The first kappa shape index (κ1) is 20.3. The van der Waals surface area contributed by atoms with Gasteiger partial charge in [-0.2, -0.15) is 30.4 Å². The summed E-state index contributed by atoms with van der Waals surface area (Å²) in [6, 6.07) is 0. The Morgan fingerprint density at radius 1 is 1.26 bits per heavy atom. The third-order valence-corrected chi connectivity index (χ3v) is 2.52. The molecule has 0 aliphatic carbocycles. The molecule has 0 amide bonds. The van der Waals surface area contributed by atoms with E-state index in [1.54, 1.807) is 7.05 Å². The Morgan fingerprint density at radius 3 is 1.68 bits per heavy atom. The van der Waals surface area contributed by atoms with Gasteiger partial charge in [-0.15, -0.1) is 0 Å². The summed E-state index contributed by atoms with van der Waals surface area (Å²) >= 11 is 0. The highest BCUT2D eigenvalue weighted by Crippen LogP contribution is 2.37. The molecule has 0 saturated heterocycles. The van der Waals surface area contributed by atoms with Crippen LogP contribution in [0.15, 0.2) is 4.99 Å². The molecule has 19 heavy (non-hydrogen) atoms. The van der Waals surface area contributed by atoms with E-state index < -0.39 is 27.7 Å². The summed E-state index contributed by atoms with van der Waals surface area (Å²) in [5.74, 6) is 0.968. The maximum Gasteiger partial charge on any atom is 0.426 e. The topological polar surface area (TPSA) is 78.8 Å². The van der Waals surface area contributed by atoms with Gasteiger partial charge in [0.05, 0.1) is 5.84 Å². The zero-order chi connectivity index (χ0) is 16.1. The SMILES string of the molecule is CN=C(C)NC.O=S(=O)(O)C(F)(F)C(F)C(F)(F)F. The van der Waals surface area contributed by atoms with Crippen LogP contribution in [0, 0.1) is 0 Å². The largest absolute Gasteiger partial charge is 0.426 e. The van der Waals surface area contributed by atoms with Gasteiger partial charge in [-0.05, 0) is 6.92 Å². The van der Waals surface area contributed by atoms with E-state index in [9.17, 15) is 34.8 Å². The lowest BCUT2D eigenvalue weighted by Gasteiger charge is -2.19. The second-order valence-electron chi connectivity index (χ2n) is 3.00. The van der Waals surface area contributed by atoms with Crippen LogP contribution in [0.25, 0.3) is 0 Å². The first-order chi connectivity index (χ1) is 8.21.